The fourth-order valence-corrected chi connectivity index (χ4v) is 4.44. The highest BCUT2D eigenvalue weighted by Gasteiger charge is 2.33. The zero-order valence-corrected chi connectivity index (χ0v) is 20.5. The molecule has 5 N–H and O–H groups in total. The number of primary amides is 1. The number of nitrogens with one attached hydrogen (secondary N) is 1. The molecular weight excluding hydrogens is 496 g/mol. The monoisotopic (exact) mass is 528 g/mol. The van der Waals surface area contributed by atoms with Crippen molar-refractivity contribution in [3.8, 4) is 0 Å². The first-order chi connectivity index (χ1) is 17.5. The lowest BCUT2D eigenvalue weighted by Gasteiger charge is -2.39. The average molecular weight is 529 g/mol. The van der Waals surface area contributed by atoms with Crippen molar-refractivity contribution in [3.05, 3.63) is 47.5 Å². The molecule has 0 bridgehead atoms. The van der Waals surface area contributed by atoms with Crippen molar-refractivity contribution in [2.75, 3.05) is 43.0 Å². The molecule has 3 atom stereocenters. The summed E-state index contributed by atoms with van der Waals surface area (Å²) in [7, 11) is 0. The number of β-amino-alcohol motifs (C(OH)–C–C–N with tert-alkyl or cyclic N) is 1. The number of hydrogen-bond acceptors (Lipinski definition) is 8. The van der Waals surface area contributed by atoms with Gasteiger partial charge in [0.05, 0.1) is 17.7 Å². The molecule has 2 aromatic rings. The van der Waals surface area contributed by atoms with Crippen LogP contribution in [0.15, 0.2) is 30.6 Å². The first-order valence-electron chi connectivity index (χ1n) is 12.0. The molecule has 1 fully saturated rings. The maximum atomic E-state index is 15.3. The molecule has 1 aliphatic rings. The standard InChI is InChI=1S/C24H32F4N6O3/c1-2-33(12-15-3-5-17(6-4-15)24(26,27)28)23-20(25)22(31-14-32-23)30-11-16-7-9-34(13-19(16)36)18(8-10-35)21(29)37/h3-6,14,16,18-19,35-36H,2,7-13H2,1H3,(H2,29,37)(H,30,31,32)/t16-,18?,19+/m1/s1. The Morgan fingerprint density at radius 2 is 2.00 bits per heavy atom. The molecule has 13 heteroatoms. The Labute approximate surface area is 212 Å². The van der Waals surface area contributed by atoms with E-state index in [2.05, 4.69) is 15.3 Å². The van der Waals surface area contributed by atoms with Gasteiger partial charge < -0.3 is 26.2 Å². The van der Waals surface area contributed by atoms with E-state index < -0.39 is 35.6 Å². The van der Waals surface area contributed by atoms with Gasteiger partial charge in [-0.3, -0.25) is 9.69 Å². The number of anilines is 2. The van der Waals surface area contributed by atoms with Gasteiger partial charge in [-0.1, -0.05) is 12.1 Å². The van der Waals surface area contributed by atoms with Crippen molar-refractivity contribution in [2.24, 2.45) is 11.7 Å². The molecule has 1 aromatic carbocycles. The summed E-state index contributed by atoms with van der Waals surface area (Å²) in [6.07, 6.45) is -3.35. The molecule has 0 spiro atoms. The Hall–Kier alpha value is -3.03. The summed E-state index contributed by atoms with van der Waals surface area (Å²) in [4.78, 5) is 23.0. The number of aliphatic hydroxyl groups excluding tert-OH is 2. The van der Waals surface area contributed by atoms with E-state index in [9.17, 15) is 28.2 Å². The maximum Gasteiger partial charge on any atom is 0.416 e. The van der Waals surface area contributed by atoms with Gasteiger partial charge in [0, 0.05) is 38.7 Å². The van der Waals surface area contributed by atoms with E-state index in [1.165, 1.54) is 18.5 Å². The summed E-state index contributed by atoms with van der Waals surface area (Å²) in [6.45, 7) is 2.95. The van der Waals surface area contributed by atoms with Crippen LogP contribution in [-0.4, -0.2) is 75.9 Å². The minimum absolute atomic E-state index is 0.00330. The topological polar surface area (TPSA) is 128 Å². The lowest BCUT2D eigenvalue weighted by Crippen LogP contribution is -2.54. The second kappa shape index (κ2) is 12.5. The minimum Gasteiger partial charge on any atom is -0.396 e. The zero-order chi connectivity index (χ0) is 27.2. The van der Waals surface area contributed by atoms with Crippen molar-refractivity contribution < 1.29 is 32.6 Å². The van der Waals surface area contributed by atoms with Gasteiger partial charge in [-0.15, -0.1) is 0 Å². The molecular formula is C24H32F4N6O3. The van der Waals surface area contributed by atoms with Crippen molar-refractivity contribution in [1.29, 1.82) is 0 Å². The number of likely N-dealkylation sites (tertiary alicyclic amines) is 1. The minimum atomic E-state index is -4.44. The van der Waals surface area contributed by atoms with E-state index in [1.807, 2.05) is 0 Å². The van der Waals surface area contributed by atoms with Crippen molar-refractivity contribution in [3.63, 3.8) is 0 Å². The third kappa shape index (κ3) is 7.27. The quantitative estimate of drug-likeness (QED) is 0.326. The smallest absolute Gasteiger partial charge is 0.396 e. The van der Waals surface area contributed by atoms with Crippen LogP contribution in [0.1, 0.15) is 30.9 Å². The molecule has 9 nitrogen and oxygen atoms in total. The van der Waals surface area contributed by atoms with Crippen molar-refractivity contribution in [1.82, 2.24) is 14.9 Å². The number of aliphatic hydroxyl groups is 2. The first kappa shape index (κ1) is 28.5. The van der Waals surface area contributed by atoms with E-state index in [1.54, 1.807) is 16.7 Å². The van der Waals surface area contributed by atoms with Crippen molar-refractivity contribution >= 4 is 17.5 Å². The van der Waals surface area contributed by atoms with Gasteiger partial charge in [-0.25, -0.2) is 9.97 Å². The molecule has 1 amide bonds. The van der Waals surface area contributed by atoms with Gasteiger partial charge in [0.2, 0.25) is 11.7 Å². The van der Waals surface area contributed by atoms with Gasteiger partial charge in [-0.2, -0.15) is 17.6 Å². The fraction of sp³-hybridized carbons (Fsp3) is 0.542. The third-order valence-corrected chi connectivity index (χ3v) is 6.56. The van der Waals surface area contributed by atoms with Crippen LogP contribution in [-0.2, 0) is 17.5 Å². The molecule has 204 valence electrons. The van der Waals surface area contributed by atoms with Crippen molar-refractivity contribution in [2.45, 2.75) is 44.6 Å². The second-order valence-electron chi connectivity index (χ2n) is 8.99. The van der Waals surface area contributed by atoms with Crippen LogP contribution < -0.4 is 16.0 Å². The summed E-state index contributed by atoms with van der Waals surface area (Å²) < 4.78 is 53.8. The number of nitrogens with two attached hydrogens (primary N) is 1. The van der Waals surface area contributed by atoms with Crippen LogP contribution in [0.2, 0.25) is 0 Å². The number of piperidine rings is 1. The molecule has 37 heavy (non-hydrogen) atoms. The van der Waals surface area contributed by atoms with Crippen LogP contribution in [0.5, 0.6) is 0 Å². The molecule has 0 aliphatic carbocycles. The molecule has 1 saturated heterocycles. The summed E-state index contributed by atoms with van der Waals surface area (Å²) in [5, 5.41) is 22.7. The predicted molar refractivity (Wildman–Crippen MR) is 129 cm³/mol. The second-order valence-corrected chi connectivity index (χ2v) is 8.99. The highest BCUT2D eigenvalue weighted by atomic mass is 19.4. The lowest BCUT2D eigenvalue weighted by molar-refractivity contribution is -0.137. The SMILES string of the molecule is CCN(Cc1ccc(C(F)(F)F)cc1)c1ncnc(NC[C@H]2CCN(C(CCO)C(N)=O)C[C@@H]2O)c1F. The van der Waals surface area contributed by atoms with Crippen LogP contribution in [0.25, 0.3) is 0 Å². The molecule has 0 radical (unpaired) electrons. The van der Waals surface area contributed by atoms with E-state index in [0.29, 0.717) is 25.1 Å². The number of hydrogen-bond donors (Lipinski definition) is 4. The van der Waals surface area contributed by atoms with Gasteiger partial charge >= 0.3 is 6.18 Å². The Balaban J connectivity index is 1.64. The zero-order valence-electron chi connectivity index (χ0n) is 20.5. The lowest BCUT2D eigenvalue weighted by atomic mass is 9.92. The maximum absolute atomic E-state index is 15.3. The molecule has 3 rings (SSSR count). The van der Waals surface area contributed by atoms with Crippen LogP contribution in [0.4, 0.5) is 29.2 Å². The number of benzene rings is 1. The number of rotatable bonds is 11. The Morgan fingerprint density at radius 1 is 1.30 bits per heavy atom. The number of amides is 1. The van der Waals surface area contributed by atoms with Gasteiger partial charge in [0.25, 0.3) is 0 Å². The number of alkyl halides is 3. The number of aromatic nitrogens is 2. The number of halogens is 4. The van der Waals surface area contributed by atoms with E-state index in [-0.39, 0.29) is 50.2 Å². The van der Waals surface area contributed by atoms with E-state index in [4.69, 9.17) is 5.73 Å². The highest BCUT2D eigenvalue weighted by molar-refractivity contribution is 5.79. The Morgan fingerprint density at radius 3 is 2.57 bits per heavy atom. The van der Waals surface area contributed by atoms with Gasteiger partial charge in [0.1, 0.15) is 6.33 Å². The molecule has 1 aliphatic heterocycles. The van der Waals surface area contributed by atoms with E-state index in [0.717, 1.165) is 12.1 Å². The normalized spacial score (nSPS) is 19.4. The van der Waals surface area contributed by atoms with Gasteiger partial charge in [0.15, 0.2) is 11.6 Å². The summed E-state index contributed by atoms with van der Waals surface area (Å²) in [5.74, 6) is -1.57. The Kier molecular flexibility index (Phi) is 9.62. The first-order valence-corrected chi connectivity index (χ1v) is 12.0. The predicted octanol–water partition coefficient (Wildman–Crippen LogP) is 1.99. The highest BCUT2D eigenvalue weighted by Crippen LogP contribution is 2.30. The Bertz CT molecular complexity index is 1040. The summed E-state index contributed by atoms with van der Waals surface area (Å²) in [6, 6.07) is 4.00. The molecule has 0 saturated carbocycles. The van der Waals surface area contributed by atoms with Crippen LogP contribution in [0.3, 0.4) is 0 Å². The average Bonchev–Trinajstić information content (AvgIpc) is 2.85. The number of carbonyl (C=O) groups excluding carboxylic acids is 1. The number of nitrogens with zero attached hydrogens (tertiary/aromatic N) is 4. The molecule has 1 aromatic heterocycles. The molecule has 1 unspecified atom stereocenters. The summed E-state index contributed by atoms with van der Waals surface area (Å²) >= 11 is 0. The molecule has 2 heterocycles. The number of carbonyl (C=O) groups is 1. The largest absolute Gasteiger partial charge is 0.416 e. The van der Waals surface area contributed by atoms with Crippen LogP contribution >= 0.6 is 0 Å². The fourth-order valence-electron chi connectivity index (χ4n) is 4.44. The van der Waals surface area contributed by atoms with Crippen LogP contribution in [0, 0.1) is 11.7 Å². The summed E-state index contributed by atoms with van der Waals surface area (Å²) in [5.41, 5.74) is 5.22. The van der Waals surface area contributed by atoms with E-state index >= 15 is 4.39 Å². The third-order valence-electron chi connectivity index (χ3n) is 6.56. The van der Waals surface area contributed by atoms with Gasteiger partial charge in [-0.05, 0) is 44.0 Å².